The maximum atomic E-state index is 14.5. The maximum absolute atomic E-state index is 14.5. The summed E-state index contributed by atoms with van der Waals surface area (Å²) in [6.45, 7) is 18.6. The second-order valence-corrected chi connectivity index (χ2v) is 25.9. The highest BCUT2D eigenvalue weighted by molar-refractivity contribution is 7.89. The molecule has 4 heterocycles. The lowest BCUT2D eigenvalue weighted by Gasteiger charge is -2.49. The van der Waals surface area contributed by atoms with E-state index in [0.717, 1.165) is 4.31 Å². The third kappa shape index (κ3) is 15.5. The number of aliphatic hydroxyl groups excluding tert-OH is 3. The topological polar surface area (TPSA) is 300 Å². The molecule has 0 spiro atoms. The molecule has 19 atom stereocenters. The van der Waals surface area contributed by atoms with Gasteiger partial charge in [-0.25, -0.2) is 22.5 Å². The van der Waals surface area contributed by atoms with Crippen LogP contribution in [0.15, 0.2) is 29.2 Å². The van der Waals surface area contributed by atoms with Gasteiger partial charge < -0.3 is 73.9 Å². The zero-order chi connectivity index (χ0) is 58.6. The first-order valence-corrected chi connectivity index (χ1v) is 29.0. The van der Waals surface area contributed by atoms with Crippen molar-refractivity contribution in [3.63, 3.8) is 0 Å². The van der Waals surface area contributed by atoms with Gasteiger partial charge in [0.05, 0.1) is 66.1 Å². The molecule has 0 bridgehead atoms. The fourth-order valence-corrected chi connectivity index (χ4v) is 12.8. The number of carbonyl (C=O) groups excluding carboxylic acids is 2. The molecule has 5 rings (SSSR count). The number of benzene rings is 1. The number of likely N-dealkylation sites (N-methyl/N-ethyl adjacent to an activating group) is 2. The molecule has 78 heavy (non-hydrogen) atoms. The van der Waals surface area contributed by atoms with Gasteiger partial charge in [0.1, 0.15) is 36.1 Å². The standard InChI is InChI=1S/C54H95N7O16S/c1-16-42-54(10,68)46(63)35(6)59(14)27-31(2)25-52(8,67)48(33(4)45(34(5)49(65)75-42)76-43-26-53(9,71-15)47(64)36(7)73-43)77-50-44(62)41(24-32(3)72-50)58(13)23-17-18-37(55)28-60(56)29-39-30-61(51(66)74-39)38-19-21-40(22-20-38)78(69,70)57(11)12/h19-22,31-36,39,41-48,50,55,62-64,67-68H,16-18,23-30,56H2,1-15H3/t31-,32-,33+,34-,35-,36+,39+,41+,42-,43+,44-,45+,46-,47+,48-,50+,52-,53-,54-/m1/s1. The van der Waals surface area contributed by atoms with E-state index in [1.807, 2.05) is 37.7 Å². The molecule has 1 amide bonds. The Balaban J connectivity index is 1.31. The van der Waals surface area contributed by atoms with E-state index in [4.69, 9.17) is 44.4 Å². The van der Waals surface area contributed by atoms with E-state index in [1.54, 1.807) is 60.6 Å². The van der Waals surface area contributed by atoms with E-state index in [9.17, 15) is 43.5 Å². The molecular formula is C54H95N7O16S. The first-order chi connectivity index (χ1) is 36.2. The molecule has 4 aliphatic rings. The van der Waals surface area contributed by atoms with Crippen molar-refractivity contribution in [1.29, 1.82) is 5.41 Å². The highest BCUT2D eigenvalue weighted by Crippen LogP contribution is 2.40. The van der Waals surface area contributed by atoms with Crippen LogP contribution in [0.4, 0.5) is 10.5 Å². The first-order valence-electron chi connectivity index (χ1n) is 27.5. The van der Waals surface area contributed by atoms with Crippen LogP contribution in [0.1, 0.15) is 108 Å². The van der Waals surface area contributed by atoms with Gasteiger partial charge in [0.2, 0.25) is 10.0 Å². The molecular weight excluding hydrogens is 1030 g/mol. The lowest BCUT2D eigenvalue weighted by Crippen LogP contribution is -2.60. The minimum atomic E-state index is -3.65. The molecule has 8 N–H and O–H groups in total. The number of methoxy groups -OCH3 is 1. The minimum absolute atomic E-state index is 0.0748. The number of esters is 1. The van der Waals surface area contributed by atoms with Crippen molar-refractivity contribution in [3.8, 4) is 0 Å². The summed E-state index contributed by atoms with van der Waals surface area (Å²) in [6, 6.07) is 4.89. The Morgan fingerprint density at radius 2 is 1.56 bits per heavy atom. The molecule has 4 aliphatic heterocycles. The van der Waals surface area contributed by atoms with Crippen molar-refractivity contribution >= 4 is 33.5 Å². The molecule has 0 radical (unpaired) electrons. The number of carbonyl (C=O) groups is 2. The number of amides is 1. The van der Waals surface area contributed by atoms with E-state index in [0.29, 0.717) is 43.8 Å². The van der Waals surface area contributed by atoms with Gasteiger partial charge in [-0.15, -0.1) is 0 Å². The number of hydrogen-bond donors (Lipinski definition) is 7. The number of nitrogens with two attached hydrogens (primary N) is 1. The fraction of sp³-hybridized carbons (Fsp3) is 0.833. The van der Waals surface area contributed by atoms with E-state index in [2.05, 4.69) is 0 Å². The van der Waals surface area contributed by atoms with Crippen LogP contribution in [0, 0.1) is 23.2 Å². The van der Waals surface area contributed by atoms with Crippen LogP contribution in [0.25, 0.3) is 0 Å². The smallest absolute Gasteiger partial charge is 0.414 e. The van der Waals surface area contributed by atoms with Crippen molar-refractivity contribution in [2.24, 2.45) is 23.6 Å². The molecule has 0 aliphatic carbocycles. The number of sulfonamides is 1. The van der Waals surface area contributed by atoms with Gasteiger partial charge in [0.25, 0.3) is 0 Å². The number of aliphatic hydroxyl groups is 5. The normalized spacial score (nSPS) is 39.3. The van der Waals surface area contributed by atoms with Crippen molar-refractivity contribution in [1.82, 2.24) is 19.1 Å². The third-order valence-electron chi connectivity index (χ3n) is 16.7. The molecule has 4 fully saturated rings. The van der Waals surface area contributed by atoms with E-state index in [1.165, 1.54) is 50.2 Å². The van der Waals surface area contributed by atoms with E-state index < -0.39 is 130 Å². The predicted molar refractivity (Wildman–Crippen MR) is 291 cm³/mol. The molecule has 23 nitrogen and oxygen atoms in total. The quantitative estimate of drug-likeness (QED) is 0.0481. The fourth-order valence-electron chi connectivity index (χ4n) is 11.9. The summed E-state index contributed by atoms with van der Waals surface area (Å²) in [5.74, 6) is 3.43. The number of nitrogens with one attached hydrogen (secondary N) is 1. The molecule has 1 aromatic carbocycles. The van der Waals surface area contributed by atoms with Gasteiger partial charge in [0.15, 0.2) is 12.6 Å². The molecule has 1 aromatic rings. The minimum Gasteiger partial charge on any atom is -0.459 e. The number of hydrogen-bond acceptors (Lipinski definition) is 21. The van der Waals surface area contributed by atoms with Crippen LogP contribution in [0.5, 0.6) is 0 Å². The molecule has 0 saturated carbocycles. The SMILES string of the molecule is CC[C@H]1OC(=O)[C@H](C)[C@@H](O[C@H]2C[C@@](C)(OC)[C@@H](O)[C@H](C)O2)[C@H](C)[C@@H](O[C@@H]2O[C@H](C)C[C@H](N(C)CCCC(=N)CN(N)C[C@H]3CN(c4ccc(S(=O)(=O)N(C)C)cc4)C(=O)O3)[C@H]2O)[C@](C)(O)C[C@@H](C)CN(C)[C@H](C)[C@@H](O)[C@]1(C)O. The molecule has 0 unspecified atom stereocenters. The number of anilines is 1. The van der Waals surface area contributed by atoms with Crippen LogP contribution >= 0.6 is 0 Å². The van der Waals surface area contributed by atoms with Crippen molar-refractivity contribution in [2.45, 2.75) is 209 Å². The largest absolute Gasteiger partial charge is 0.459 e. The molecule has 4 saturated heterocycles. The number of ether oxygens (including phenoxy) is 7. The Morgan fingerprint density at radius 1 is 0.923 bits per heavy atom. The Bertz CT molecular complexity index is 2250. The average Bonchev–Trinajstić information content (AvgIpc) is 3.73. The van der Waals surface area contributed by atoms with Gasteiger partial charge >= 0.3 is 12.1 Å². The molecule has 448 valence electrons. The van der Waals surface area contributed by atoms with Gasteiger partial charge in [-0.3, -0.25) is 15.5 Å². The van der Waals surface area contributed by atoms with Gasteiger partial charge in [-0.2, -0.15) is 0 Å². The van der Waals surface area contributed by atoms with Crippen LogP contribution in [-0.4, -0.2) is 235 Å². The summed E-state index contributed by atoms with van der Waals surface area (Å²) in [6.07, 6.45) is -9.82. The molecule has 0 aromatic heterocycles. The zero-order valence-electron chi connectivity index (χ0n) is 48.8. The highest BCUT2D eigenvalue weighted by atomic mass is 32.2. The zero-order valence-corrected chi connectivity index (χ0v) is 49.6. The van der Waals surface area contributed by atoms with Crippen molar-refractivity contribution in [2.75, 3.05) is 72.9 Å². The summed E-state index contributed by atoms with van der Waals surface area (Å²) >= 11 is 0. The van der Waals surface area contributed by atoms with Crippen LogP contribution in [0.2, 0.25) is 0 Å². The lowest BCUT2D eigenvalue weighted by molar-refractivity contribution is -0.318. The van der Waals surface area contributed by atoms with Crippen LogP contribution in [0.3, 0.4) is 0 Å². The molecule has 24 heteroatoms. The Hall–Kier alpha value is -3.02. The Labute approximate surface area is 463 Å². The highest BCUT2D eigenvalue weighted by Gasteiger charge is 2.53. The van der Waals surface area contributed by atoms with E-state index >= 15 is 0 Å². The number of rotatable bonds is 18. The number of hydrazine groups is 1. The van der Waals surface area contributed by atoms with E-state index in [-0.39, 0.29) is 49.7 Å². The van der Waals surface area contributed by atoms with Gasteiger partial charge in [-0.1, -0.05) is 20.8 Å². The Kier molecular flexibility index (Phi) is 22.7. The maximum Gasteiger partial charge on any atom is 0.414 e. The van der Waals surface area contributed by atoms with Crippen LogP contribution < -0.4 is 10.7 Å². The second-order valence-electron chi connectivity index (χ2n) is 23.7. The van der Waals surface area contributed by atoms with Gasteiger partial charge in [-0.05, 0) is 131 Å². The number of nitrogens with zero attached hydrogens (tertiary/aromatic N) is 5. The predicted octanol–water partition coefficient (Wildman–Crippen LogP) is 2.52. The van der Waals surface area contributed by atoms with Crippen molar-refractivity contribution in [3.05, 3.63) is 24.3 Å². The number of cyclic esters (lactones) is 2. The van der Waals surface area contributed by atoms with Gasteiger partial charge in [0, 0.05) is 63.6 Å². The lowest BCUT2D eigenvalue weighted by atomic mass is 9.77. The summed E-state index contributed by atoms with van der Waals surface area (Å²) in [5.41, 5.74) is -3.80. The second kappa shape index (κ2) is 26.9. The average molecular weight is 1130 g/mol. The summed E-state index contributed by atoms with van der Waals surface area (Å²) < 4.78 is 69.9. The monoisotopic (exact) mass is 1130 g/mol. The Morgan fingerprint density at radius 3 is 2.17 bits per heavy atom. The first kappa shape index (κ1) is 65.8. The summed E-state index contributed by atoms with van der Waals surface area (Å²) in [5, 5.41) is 69.9. The summed E-state index contributed by atoms with van der Waals surface area (Å²) in [4.78, 5) is 32.7. The van der Waals surface area contributed by atoms with Crippen LogP contribution in [-0.2, 0) is 48.0 Å². The van der Waals surface area contributed by atoms with Crippen molar-refractivity contribution < 1.29 is 76.7 Å². The summed E-state index contributed by atoms with van der Waals surface area (Å²) in [7, 11) is 4.42. The third-order valence-corrected chi connectivity index (χ3v) is 18.6.